The number of Topliss-reactive ketones (excluding diaryl/α,β-unsaturated/α-hetero) is 1. The normalized spacial score (nSPS) is 11.0. The topological polar surface area (TPSA) is 104 Å². The summed E-state index contributed by atoms with van der Waals surface area (Å²) in [5, 5.41) is 17.6. The smallest absolute Gasteiger partial charge is 0.231 e. The molecule has 3 aromatic carbocycles. The SMILES string of the molecule is N=C(NO)C(=O)c1ccccc1-n1cnc2cnc3ccc(-c4ccccc4)cc3c21. The number of hydrogen-bond donors (Lipinski definition) is 3. The van der Waals surface area contributed by atoms with Gasteiger partial charge in [-0.1, -0.05) is 48.5 Å². The molecule has 3 N–H and O–H groups in total. The fourth-order valence-electron chi connectivity index (χ4n) is 3.75. The Hall–Kier alpha value is -4.36. The number of nitrogens with zero attached hydrogens (tertiary/aromatic N) is 3. The Labute approximate surface area is 177 Å². The van der Waals surface area contributed by atoms with Gasteiger partial charge in [-0.3, -0.25) is 25.0 Å². The third kappa shape index (κ3) is 3.13. The van der Waals surface area contributed by atoms with Crippen LogP contribution in [0.2, 0.25) is 0 Å². The van der Waals surface area contributed by atoms with Crippen LogP contribution >= 0.6 is 0 Å². The van der Waals surface area contributed by atoms with Gasteiger partial charge in [0, 0.05) is 10.9 Å². The van der Waals surface area contributed by atoms with Crippen molar-refractivity contribution in [1.82, 2.24) is 20.0 Å². The maximum atomic E-state index is 12.6. The highest BCUT2D eigenvalue weighted by atomic mass is 16.5. The molecule has 0 saturated heterocycles. The third-order valence-corrected chi connectivity index (χ3v) is 5.23. The second-order valence-electron chi connectivity index (χ2n) is 7.04. The molecule has 150 valence electrons. The molecule has 0 aliphatic heterocycles. The largest absolute Gasteiger partial charge is 0.297 e. The van der Waals surface area contributed by atoms with Crippen LogP contribution in [-0.2, 0) is 0 Å². The van der Waals surface area contributed by atoms with E-state index < -0.39 is 11.6 Å². The van der Waals surface area contributed by atoms with Gasteiger partial charge in [0.2, 0.25) is 5.78 Å². The maximum Gasteiger partial charge on any atom is 0.231 e. The Kier molecular flexibility index (Phi) is 4.50. The number of aromatic nitrogens is 3. The molecule has 0 saturated carbocycles. The van der Waals surface area contributed by atoms with E-state index in [-0.39, 0.29) is 5.56 Å². The van der Waals surface area contributed by atoms with Crippen LogP contribution in [0, 0.1) is 5.41 Å². The molecule has 2 heterocycles. The highest BCUT2D eigenvalue weighted by Gasteiger charge is 2.19. The van der Waals surface area contributed by atoms with Crippen LogP contribution in [0.5, 0.6) is 0 Å². The van der Waals surface area contributed by atoms with E-state index in [0.29, 0.717) is 11.2 Å². The number of carbonyl (C=O) groups is 1. The first-order chi connectivity index (χ1) is 15.2. The van der Waals surface area contributed by atoms with Crippen LogP contribution in [0.4, 0.5) is 0 Å². The molecule has 0 aliphatic rings. The molecule has 0 radical (unpaired) electrons. The van der Waals surface area contributed by atoms with Crippen molar-refractivity contribution in [2.45, 2.75) is 0 Å². The van der Waals surface area contributed by atoms with Gasteiger partial charge in [0.15, 0.2) is 5.84 Å². The summed E-state index contributed by atoms with van der Waals surface area (Å²) < 4.78 is 1.83. The van der Waals surface area contributed by atoms with Crippen LogP contribution in [0.3, 0.4) is 0 Å². The number of hydroxylamine groups is 1. The highest BCUT2D eigenvalue weighted by molar-refractivity contribution is 6.44. The van der Waals surface area contributed by atoms with E-state index in [0.717, 1.165) is 27.5 Å². The van der Waals surface area contributed by atoms with E-state index in [4.69, 9.17) is 10.6 Å². The van der Waals surface area contributed by atoms with Gasteiger partial charge in [0.25, 0.3) is 0 Å². The van der Waals surface area contributed by atoms with Gasteiger partial charge in [-0.2, -0.15) is 0 Å². The second kappa shape index (κ2) is 7.47. The number of pyridine rings is 1. The summed E-state index contributed by atoms with van der Waals surface area (Å²) in [6.45, 7) is 0. The lowest BCUT2D eigenvalue weighted by Crippen LogP contribution is -2.28. The summed E-state index contributed by atoms with van der Waals surface area (Å²) in [6, 6.07) is 23.1. The first-order valence-corrected chi connectivity index (χ1v) is 9.61. The van der Waals surface area contributed by atoms with Crippen LogP contribution in [-0.4, -0.2) is 31.4 Å². The molecular weight excluding hydrogens is 390 g/mol. The van der Waals surface area contributed by atoms with Crippen LogP contribution in [0.25, 0.3) is 38.8 Å². The number of hydrogen-bond acceptors (Lipinski definition) is 5. The Morgan fingerprint density at radius 1 is 0.903 bits per heavy atom. The van der Waals surface area contributed by atoms with E-state index in [1.165, 1.54) is 0 Å². The summed E-state index contributed by atoms with van der Waals surface area (Å²) in [5.41, 5.74) is 6.91. The van der Waals surface area contributed by atoms with Crippen molar-refractivity contribution in [3.63, 3.8) is 0 Å². The van der Waals surface area contributed by atoms with Gasteiger partial charge in [-0.25, -0.2) is 10.5 Å². The first-order valence-electron chi connectivity index (χ1n) is 9.61. The lowest BCUT2D eigenvalue weighted by Gasteiger charge is -2.12. The van der Waals surface area contributed by atoms with E-state index in [2.05, 4.69) is 16.0 Å². The molecule has 7 heteroatoms. The Bertz CT molecular complexity index is 1460. The van der Waals surface area contributed by atoms with Crippen LogP contribution in [0.15, 0.2) is 85.3 Å². The molecule has 0 spiro atoms. The Morgan fingerprint density at radius 2 is 1.68 bits per heavy atom. The van der Waals surface area contributed by atoms with Gasteiger partial charge >= 0.3 is 0 Å². The molecule has 5 aromatic rings. The van der Waals surface area contributed by atoms with Crippen molar-refractivity contribution >= 4 is 33.6 Å². The predicted molar refractivity (Wildman–Crippen MR) is 119 cm³/mol. The minimum atomic E-state index is -0.622. The van der Waals surface area contributed by atoms with Gasteiger partial charge < -0.3 is 0 Å². The molecule has 0 unspecified atom stereocenters. The van der Waals surface area contributed by atoms with E-state index in [9.17, 15) is 4.79 Å². The van der Waals surface area contributed by atoms with Gasteiger partial charge in [0.05, 0.1) is 22.9 Å². The highest BCUT2D eigenvalue weighted by Crippen LogP contribution is 2.30. The van der Waals surface area contributed by atoms with Crippen molar-refractivity contribution in [2.75, 3.05) is 0 Å². The zero-order valence-corrected chi connectivity index (χ0v) is 16.3. The number of nitrogens with one attached hydrogen (secondary N) is 2. The number of imidazole rings is 1. The molecule has 0 aliphatic carbocycles. The molecule has 0 bridgehead atoms. The zero-order valence-electron chi connectivity index (χ0n) is 16.3. The number of carbonyl (C=O) groups excluding carboxylic acids is 1. The van der Waals surface area contributed by atoms with E-state index >= 15 is 0 Å². The summed E-state index contributed by atoms with van der Waals surface area (Å²) in [7, 11) is 0. The quantitative estimate of drug-likeness (QED) is 0.178. The number of benzene rings is 3. The zero-order chi connectivity index (χ0) is 21.4. The fraction of sp³-hybridized carbons (Fsp3) is 0. The summed E-state index contributed by atoms with van der Waals surface area (Å²) in [5.74, 6) is -1.22. The van der Waals surface area contributed by atoms with E-state index in [1.54, 1.807) is 36.2 Å². The number of para-hydroxylation sites is 1. The standard InChI is InChI=1S/C24H17N5O2/c25-24(28-31)23(30)17-8-4-5-9-21(17)29-14-27-20-13-26-19-11-10-16(12-18(19)22(20)29)15-6-2-1-3-7-15/h1-14,31H,(H2,25,28). The second-order valence-corrected chi connectivity index (χ2v) is 7.04. The van der Waals surface area contributed by atoms with Crippen molar-refractivity contribution in [3.05, 3.63) is 90.9 Å². The molecule has 0 amide bonds. The minimum Gasteiger partial charge on any atom is -0.297 e. The molecule has 31 heavy (non-hydrogen) atoms. The third-order valence-electron chi connectivity index (χ3n) is 5.23. The number of amidine groups is 1. The van der Waals surface area contributed by atoms with Crippen LogP contribution < -0.4 is 5.48 Å². The first kappa shape index (κ1) is 18.7. The molecule has 5 rings (SSSR count). The van der Waals surface area contributed by atoms with E-state index in [1.807, 2.05) is 53.1 Å². The lowest BCUT2D eigenvalue weighted by molar-refractivity contribution is 0.104. The minimum absolute atomic E-state index is 0.275. The summed E-state index contributed by atoms with van der Waals surface area (Å²) in [4.78, 5) is 21.7. The lowest BCUT2D eigenvalue weighted by atomic mass is 10.0. The van der Waals surface area contributed by atoms with Crippen molar-refractivity contribution in [3.8, 4) is 16.8 Å². The molecule has 7 nitrogen and oxygen atoms in total. The predicted octanol–water partition coefficient (Wildman–Crippen LogP) is 4.38. The molecule has 0 atom stereocenters. The van der Waals surface area contributed by atoms with Crippen molar-refractivity contribution in [2.24, 2.45) is 0 Å². The Morgan fingerprint density at radius 3 is 2.48 bits per heavy atom. The van der Waals surface area contributed by atoms with Gasteiger partial charge in [-0.05, 0) is 35.4 Å². The summed E-state index contributed by atoms with van der Waals surface area (Å²) >= 11 is 0. The average Bonchev–Trinajstić information content (AvgIpc) is 3.28. The summed E-state index contributed by atoms with van der Waals surface area (Å²) in [6.07, 6.45) is 3.35. The van der Waals surface area contributed by atoms with Gasteiger partial charge in [0.1, 0.15) is 11.8 Å². The van der Waals surface area contributed by atoms with Crippen molar-refractivity contribution in [1.29, 1.82) is 5.41 Å². The fourth-order valence-corrected chi connectivity index (χ4v) is 3.75. The number of fused-ring (bicyclic) bond motifs is 3. The van der Waals surface area contributed by atoms with Crippen LogP contribution in [0.1, 0.15) is 10.4 Å². The molecular formula is C24H17N5O2. The molecule has 0 fully saturated rings. The maximum absolute atomic E-state index is 12.6. The number of ketones is 1. The van der Waals surface area contributed by atoms with Gasteiger partial charge in [-0.15, -0.1) is 0 Å². The molecule has 2 aromatic heterocycles. The monoisotopic (exact) mass is 407 g/mol. The average molecular weight is 407 g/mol. The Balaban J connectivity index is 1.78. The number of rotatable bonds is 4. The van der Waals surface area contributed by atoms with Crippen molar-refractivity contribution < 1.29 is 10.0 Å².